The van der Waals surface area contributed by atoms with E-state index in [1.165, 1.54) is 23.1 Å². The molecule has 0 saturated carbocycles. The van der Waals surface area contributed by atoms with E-state index in [4.69, 9.17) is 0 Å². The fraction of sp³-hybridized carbons (Fsp3) is 0.600. The maximum atomic E-state index is 3.48. The minimum absolute atomic E-state index is 0.522. The van der Waals surface area contributed by atoms with Gasteiger partial charge in [-0.1, -0.05) is 39.0 Å². The molecular weight excluding hydrogens is 226 g/mol. The van der Waals surface area contributed by atoms with Crippen molar-refractivity contribution < 1.29 is 0 Å². The van der Waals surface area contributed by atoms with Crippen LogP contribution in [-0.4, -0.2) is 12.3 Å². The van der Waals surface area contributed by atoms with E-state index in [0.29, 0.717) is 12.0 Å². The summed E-state index contributed by atoms with van der Waals surface area (Å²) in [5.41, 5.74) is 4.50. The minimum atomic E-state index is 0.522. The van der Waals surface area contributed by atoms with Crippen LogP contribution in [0.3, 0.4) is 0 Å². The van der Waals surface area contributed by atoms with E-state index in [-0.39, 0.29) is 0 Å². The molecule has 2 heteroatoms. The van der Waals surface area contributed by atoms with Crippen molar-refractivity contribution in [1.29, 1.82) is 0 Å². The van der Waals surface area contributed by atoms with Crippen LogP contribution < -0.4 is 5.32 Å². The van der Waals surface area contributed by atoms with Crippen LogP contribution in [0.15, 0.2) is 18.2 Å². The molecule has 2 unspecified atom stereocenters. The predicted molar refractivity (Wildman–Crippen MR) is 77.7 cm³/mol. The van der Waals surface area contributed by atoms with Gasteiger partial charge in [-0.3, -0.25) is 0 Å². The van der Waals surface area contributed by atoms with Crippen molar-refractivity contribution in [2.45, 2.75) is 50.2 Å². The molecule has 1 heterocycles. The Balaban J connectivity index is 2.39. The van der Waals surface area contributed by atoms with Gasteiger partial charge < -0.3 is 5.32 Å². The molecule has 0 bridgehead atoms. The summed E-state index contributed by atoms with van der Waals surface area (Å²) in [6, 6.07) is 7.57. The average Bonchev–Trinajstić information content (AvgIpc) is 2.48. The van der Waals surface area contributed by atoms with Gasteiger partial charge in [0.15, 0.2) is 0 Å². The lowest BCUT2D eigenvalue weighted by molar-refractivity contribution is 0.548. The smallest absolute Gasteiger partial charge is 0.0331 e. The highest BCUT2D eigenvalue weighted by molar-refractivity contribution is 7.99. The predicted octanol–water partition coefficient (Wildman–Crippen LogP) is 4.10. The van der Waals surface area contributed by atoms with Crippen LogP contribution in [-0.2, 0) is 5.75 Å². The summed E-state index contributed by atoms with van der Waals surface area (Å²) in [4.78, 5) is 0. The molecule has 2 atom stereocenters. The van der Waals surface area contributed by atoms with Gasteiger partial charge >= 0.3 is 0 Å². The van der Waals surface area contributed by atoms with Crippen molar-refractivity contribution in [3.63, 3.8) is 0 Å². The SMILES string of the molecule is CNC1CC(C)SCc2ccc(C(C)C)cc21. The zero-order valence-electron chi connectivity index (χ0n) is 11.3. The molecule has 0 spiro atoms. The molecule has 0 fully saturated rings. The molecule has 1 aliphatic heterocycles. The van der Waals surface area contributed by atoms with Crippen LogP contribution in [0, 0.1) is 0 Å². The van der Waals surface area contributed by atoms with Gasteiger partial charge in [0.1, 0.15) is 0 Å². The number of fused-ring (bicyclic) bond motifs is 1. The molecule has 94 valence electrons. The molecule has 0 saturated heterocycles. The van der Waals surface area contributed by atoms with Gasteiger partial charge in [-0.05, 0) is 36.1 Å². The van der Waals surface area contributed by atoms with Crippen molar-refractivity contribution in [2.24, 2.45) is 0 Å². The summed E-state index contributed by atoms with van der Waals surface area (Å²) >= 11 is 2.07. The lowest BCUT2D eigenvalue weighted by atomic mass is 9.92. The van der Waals surface area contributed by atoms with Crippen LogP contribution in [0.2, 0.25) is 0 Å². The quantitative estimate of drug-likeness (QED) is 0.847. The Morgan fingerprint density at radius 3 is 2.76 bits per heavy atom. The van der Waals surface area contributed by atoms with E-state index >= 15 is 0 Å². The van der Waals surface area contributed by atoms with Crippen molar-refractivity contribution in [2.75, 3.05) is 7.05 Å². The summed E-state index contributed by atoms with van der Waals surface area (Å²) in [6.07, 6.45) is 1.23. The van der Waals surface area contributed by atoms with Gasteiger partial charge in [0.05, 0.1) is 0 Å². The van der Waals surface area contributed by atoms with Gasteiger partial charge in [0, 0.05) is 17.0 Å². The third kappa shape index (κ3) is 2.86. The third-order valence-corrected chi connectivity index (χ3v) is 4.89. The standard InChI is InChI=1S/C15H23NS/c1-10(2)12-5-6-13-9-17-11(3)7-15(16-4)14(13)8-12/h5-6,8,10-11,15-16H,7,9H2,1-4H3. The van der Waals surface area contributed by atoms with Crippen LogP contribution in [0.25, 0.3) is 0 Å². The monoisotopic (exact) mass is 249 g/mol. The molecule has 17 heavy (non-hydrogen) atoms. The van der Waals surface area contributed by atoms with Crippen molar-refractivity contribution in [3.8, 4) is 0 Å². The Morgan fingerprint density at radius 2 is 2.12 bits per heavy atom. The van der Waals surface area contributed by atoms with Crippen molar-refractivity contribution in [1.82, 2.24) is 5.32 Å². The number of hydrogen-bond donors (Lipinski definition) is 1. The second kappa shape index (κ2) is 5.45. The highest BCUT2D eigenvalue weighted by Gasteiger charge is 2.21. The lowest BCUT2D eigenvalue weighted by Crippen LogP contribution is -2.19. The Hall–Kier alpha value is -0.470. The Kier molecular flexibility index (Phi) is 4.16. The van der Waals surface area contributed by atoms with Gasteiger partial charge in [0.25, 0.3) is 0 Å². The average molecular weight is 249 g/mol. The second-order valence-electron chi connectivity index (χ2n) is 5.31. The summed E-state index contributed by atoms with van der Waals surface area (Å²) in [7, 11) is 2.08. The summed E-state index contributed by atoms with van der Waals surface area (Å²) in [6.45, 7) is 6.87. The highest BCUT2D eigenvalue weighted by Crippen LogP contribution is 2.35. The van der Waals surface area contributed by atoms with E-state index in [1.54, 1.807) is 0 Å². The summed E-state index contributed by atoms with van der Waals surface area (Å²) in [5.74, 6) is 1.78. The number of thioether (sulfide) groups is 1. The second-order valence-corrected chi connectivity index (χ2v) is 6.74. The molecule has 1 nitrogen and oxygen atoms in total. The molecule has 0 radical (unpaired) electrons. The fourth-order valence-electron chi connectivity index (χ4n) is 2.46. The number of benzene rings is 1. The summed E-state index contributed by atoms with van der Waals surface area (Å²) in [5, 5.41) is 4.22. The zero-order valence-corrected chi connectivity index (χ0v) is 12.1. The van der Waals surface area contributed by atoms with E-state index in [2.05, 4.69) is 63.1 Å². The van der Waals surface area contributed by atoms with E-state index in [1.807, 2.05) is 0 Å². The molecule has 0 aromatic heterocycles. The first kappa shape index (κ1) is 13.0. The molecule has 1 aliphatic rings. The largest absolute Gasteiger partial charge is 0.313 e. The number of rotatable bonds is 2. The molecule has 1 N–H and O–H groups in total. The lowest BCUT2D eigenvalue weighted by Gasteiger charge is -2.20. The first-order chi connectivity index (χ1) is 8.11. The molecule has 0 amide bonds. The molecule has 0 aliphatic carbocycles. The minimum Gasteiger partial charge on any atom is -0.313 e. The third-order valence-electron chi connectivity index (χ3n) is 3.65. The normalized spacial score (nSPS) is 24.5. The molecular formula is C15H23NS. The van der Waals surface area contributed by atoms with Gasteiger partial charge in [-0.25, -0.2) is 0 Å². The Labute approximate surface area is 109 Å². The summed E-state index contributed by atoms with van der Waals surface area (Å²) < 4.78 is 0. The Morgan fingerprint density at radius 1 is 1.35 bits per heavy atom. The fourth-order valence-corrected chi connectivity index (χ4v) is 3.52. The number of hydrogen-bond acceptors (Lipinski definition) is 2. The first-order valence-electron chi connectivity index (χ1n) is 6.53. The van der Waals surface area contributed by atoms with E-state index < -0.39 is 0 Å². The number of nitrogens with one attached hydrogen (secondary N) is 1. The maximum absolute atomic E-state index is 3.48. The van der Waals surface area contributed by atoms with Crippen LogP contribution >= 0.6 is 11.8 Å². The highest BCUT2D eigenvalue weighted by atomic mass is 32.2. The zero-order chi connectivity index (χ0) is 12.4. The van der Waals surface area contributed by atoms with Crippen molar-refractivity contribution in [3.05, 3.63) is 34.9 Å². The van der Waals surface area contributed by atoms with Crippen LogP contribution in [0.5, 0.6) is 0 Å². The van der Waals surface area contributed by atoms with Crippen LogP contribution in [0.4, 0.5) is 0 Å². The molecule has 1 aromatic rings. The Bertz CT molecular complexity index is 387. The van der Waals surface area contributed by atoms with Gasteiger partial charge in [-0.15, -0.1) is 0 Å². The van der Waals surface area contributed by atoms with Gasteiger partial charge in [-0.2, -0.15) is 11.8 Å². The van der Waals surface area contributed by atoms with Crippen LogP contribution in [0.1, 0.15) is 55.8 Å². The van der Waals surface area contributed by atoms with Gasteiger partial charge in [0.2, 0.25) is 0 Å². The van der Waals surface area contributed by atoms with E-state index in [9.17, 15) is 0 Å². The topological polar surface area (TPSA) is 12.0 Å². The van der Waals surface area contributed by atoms with Crippen molar-refractivity contribution >= 4 is 11.8 Å². The first-order valence-corrected chi connectivity index (χ1v) is 7.58. The maximum Gasteiger partial charge on any atom is 0.0331 e. The molecule has 2 rings (SSSR count). The van der Waals surface area contributed by atoms with E-state index in [0.717, 1.165) is 11.0 Å². The molecule has 1 aromatic carbocycles.